The molecule has 0 spiro atoms. The fraction of sp³-hybridized carbons (Fsp3) is 0.269. The van der Waals surface area contributed by atoms with Crippen molar-refractivity contribution in [1.29, 1.82) is 0 Å². The lowest BCUT2D eigenvalue weighted by atomic mass is 10.0. The Bertz CT molecular complexity index is 1190. The van der Waals surface area contributed by atoms with Crippen molar-refractivity contribution < 1.29 is 8.78 Å². The molecular weight excluding hydrogens is 434 g/mol. The number of rotatable bonds is 7. The van der Waals surface area contributed by atoms with Crippen LogP contribution in [0.3, 0.4) is 0 Å². The molecule has 1 aliphatic heterocycles. The highest BCUT2D eigenvalue weighted by Gasteiger charge is 2.30. The Kier molecular flexibility index (Phi) is 6.69. The zero-order chi connectivity index (χ0) is 23.3. The Balaban J connectivity index is 1.38. The minimum absolute atomic E-state index is 0.213. The fourth-order valence-electron chi connectivity index (χ4n) is 4.47. The fourth-order valence-corrected chi connectivity index (χ4v) is 4.47. The highest BCUT2D eigenvalue weighted by molar-refractivity contribution is 5.26. The first-order chi connectivity index (χ1) is 16.7. The predicted molar refractivity (Wildman–Crippen MR) is 125 cm³/mol. The summed E-state index contributed by atoms with van der Waals surface area (Å²) in [5, 5.41) is 12.5. The molecule has 4 aromatic rings. The summed E-state index contributed by atoms with van der Waals surface area (Å²) in [6.07, 6.45) is 0. The minimum atomic E-state index is -0.279. The van der Waals surface area contributed by atoms with Crippen LogP contribution in [0, 0.1) is 11.6 Å². The molecule has 5 rings (SSSR count). The topological polar surface area (TPSA) is 50.1 Å². The van der Waals surface area contributed by atoms with Crippen LogP contribution in [0.4, 0.5) is 8.78 Å². The van der Waals surface area contributed by atoms with Gasteiger partial charge in [0.2, 0.25) is 0 Å². The number of hydrogen-bond acceptors (Lipinski definition) is 5. The summed E-state index contributed by atoms with van der Waals surface area (Å²) in [5.74, 6) is 0.131. The maximum atomic E-state index is 13.7. The summed E-state index contributed by atoms with van der Waals surface area (Å²) in [5.41, 5.74) is 3.14. The van der Waals surface area contributed by atoms with Gasteiger partial charge in [-0.05, 0) is 51.4 Å². The molecule has 0 unspecified atom stereocenters. The second-order valence-electron chi connectivity index (χ2n) is 8.57. The van der Waals surface area contributed by atoms with Crippen LogP contribution in [0.15, 0.2) is 78.9 Å². The maximum Gasteiger partial charge on any atom is 0.173 e. The van der Waals surface area contributed by atoms with Gasteiger partial charge in [0.15, 0.2) is 5.82 Å². The second kappa shape index (κ2) is 10.2. The lowest BCUT2D eigenvalue weighted by Crippen LogP contribution is -2.48. The molecule has 0 bridgehead atoms. The van der Waals surface area contributed by atoms with Crippen LogP contribution >= 0.6 is 0 Å². The van der Waals surface area contributed by atoms with Crippen molar-refractivity contribution in [2.24, 2.45) is 0 Å². The van der Waals surface area contributed by atoms with E-state index in [2.05, 4.69) is 49.6 Å². The van der Waals surface area contributed by atoms with Crippen molar-refractivity contribution in [1.82, 2.24) is 30.0 Å². The van der Waals surface area contributed by atoms with Crippen molar-refractivity contribution in [2.45, 2.75) is 19.1 Å². The zero-order valence-electron chi connectivity index (χ0n) is 18.8. The van der Waals surface area contributed by atoms with Gasteiger partial charge in [0.1, 0.15) is 11.6 Å². The first kappa shape index (κ1) is 22.3. The quantitative estimate of drug-likeness (QED) is 0.419. The maximum absolute atomic E-state index is 13.7. The summed E-state index contributed by atoms with van der Waals surface area (Å²) >= 11 is 0. The van der Waals surface area contributed by atoms with Gasteiger partial charge in [-0.1, -0.05) is 54.6 Å². The Labute approximate surface area is 197 Å². The molecule has 0 radical (unpaired) electrons. The molecule has 174 valence electrons. The molecule has 1 atom stereocenters. The van der Waals surface area contributed by atoms with E-state index in [1.54, 1.807) is 28.9 Å². The van der Waals surface area contributed by atoms with Crippen LogP contribution in [-0.4, -0.2) is 56.2 Å². The molecule has 34 heavy (non-hydrogen) atoms. The van der Waals surface area contributed by atoms with Crippen LogP contribution < -0.4 is 0 Å². The molecule has 0 amide bonds. The summed E-state index contributed by atoms with van der Waals surface area (Å²) in [4.78, 5) is 4.79. The van der Waals surface area contributed by atoms with Crippen LogP contribution in [0.2, 0.25) is 0 Å². The van der Waals surface area contributed by atoms with Gasteiger partial charge < -0.3 is 0 Å². The van der Waals surface area contributed by atoms with Gasteiger partial charge >= 0.3 is 0 Å². The van der Waals surface area contributed by atoms with Crippen molar-refractivity contribution in [2.75, 3.05) is 26.2 Å². The third kappa shape index (κ3) is 5.18. The standard InChI is InChI=1S/C26H26F2N6/c27-23-10-6-21(7-11-23)19-34-26(29-30-31-34)25(22-8-12-24(28)13-9-22)33-16-14-32(15-17-33)18-20-4-2-1-3-5-20/h1-13,25H,14-19H2/t25-/m1/s1. The lowest BCUT2D eigenvalue weighted by molar-refractivity contribution is 0.100. The molecule has 0 N–H and O–H groups in total. The monoisotopic (exact) mass is 460 g/mol. The number of aromatic nitrogens is 4. The van der Waals surface area contributed by atoms with Gasteiger partial charge in [0.05, 0.1) is 12.6 Å². The number of halogens is 2. The Hall–Kier alpha value is -3.49. The van der Waals surface area contributed by atoms with Gasteiger partial charge in [-0.15, -0.1) is 5.10 Å². The second-order valence-corrected chi connectivity index (χ2v) is 8.57. The molecule has 3 aromatic carbocycles. The number of nitrogens with zero attached hydrogens (tertiary/aromatic N) is 6. The molecule has 0 saturated carbocycles. The Morgan fingerprint density at radius 1 is 0.706 bits per heavy atom. The molecule has 8 heteroatoms. The molecule has 1 saturated heterocycles. The first-order valence-corrected chi connectivity index (χ1v) is 11.4. The van der Waals surface area contributed by atoms with E-state index in [-0.39, 0.29) is 17.7 Å². The van der Waals surface area contributed by atoms with E-state index in [9.17, 15) is 8.78 Å². The SMILES string of the molecule is Fc1ccc(Cn2nnnc2[C@@H](c2ccc(F)cc2)N2CCN(Cc3ccccc3)CC2)cc1. The molecule has 0 aliphatic carbocycles. The highest BCUT2D eigenvalue weighted by atomic mass is 19.1. The molecule has 1 aromatic heterocycles. The number of tetrazole rings is 1. The average molecular weight is 461 g/mol. The van der Waals surface area contributed by atoms with E-state index in [1.165, 1.54) is 29.8 Å². The predicted octanol–water partition coefficient (Wildman–Crippen LogP) is 3.91. The summed E-state index contributed by atoms with van der Waals surface area (Å²) in [7, 11) is 0. The summed E-state index contributed by atoms with van der Waals surface area (Å²) < 4.78 is 28.8. The van der Waals surface area contributed by atoms with Gasteiger partial charge in [0.25, 0.3) is 0 Å². The molecule has 6 nitrogen and oxygen atoms in total. The number of hydrogen-bond donors (Lipinski definition) is 0. The van der Waals surface area contributed by atoms with Crippen molar-refractivity contribution in [3.63, 3.8) is 0 Å². The average Bonchev–Trinajstić information content (AvgIpc) is 3.31. The van der Waals surface area contributed by atoms with Gasteiger partial charge in [0, 0.05) is 32.7 Å². The smallest absolute Gasteiger partial charge is 0.173 e. The minimum Gasteiger partial charge on any atom is -0.297 e. The van der Waals surface area contributed by atoms with Crippen LogP contribution in [0.5, 0.6) is 0 Å². The van der Waals surface area contributed by atoms with E-state index in [0.717, 1.165) is 43.9 Å². The first-order valence-electron chi connectivity index (χ1n) is 11.4. The molecule has 1 aliphatic rings. The van der Waals surface area contributed by atoms with E-state index >= 15 is 0 Å². The van der Waals surface area contributed by atoms with Crippen LogP contribution in [0.1, 0.15) is 28.6 Å². The third-order valence-electron chi connectivity index (χ3n) is 6.26. The highest BCUT2D eigenvalue weighted by Crippen LogP contribution is 2.29. The van der Waals surface area contributed by atoms with E-state index < -0.39 is 0 Å². The molecule has 1 fully saturated rings. The van der Waals surface area contributed by atoms with Crippen LogP contribution in [-0.2, 0) is 13.1 Å². The third-order valence-corrected chi connectivity index (χ3v) is 6.26. The largest absolute Gasteiger partial charge is 0.297 e. The van der Waals surface area contributed by atoms with E-state index in [0.29, 0.717) is 12.4 Å². The van der Waals surface area contributed by atoms with Gasteiger partial charge in [-0.25, -0.2) is 13.5 Å². The van der Waals surface area contributed by atoms with E-state index in [1.807, 2.05) is 6.07 Å². The summed E-state index contributed by atoms with van der Waals surface area (Å²) in [6, 6.07) is 23.1. The number of piperazine rings is 1. The Morgan fingerprint density at radius 3 is 2.00 bits per heavy atom. The van der Waals surface area contributed by atoms with Crippen molar-refractivity contribution in [3.05, 3.63) is 113 Å². The van der Waals surface area contributed by atoms with Crippen LogP contribution in [0.25, 0.3) is 0 Å². The molecular formula is C26H26F2N6. The molecule has 2 heterocycles. The zero-order valence-corrected chi connectivity index (χ0v) is 18.8. The van der Waals surface area contributed by atoms with Gasteiger partial charge in [-0.3, -0.25) is 9.80 Å². The Morgan fingerprint density at radius 2 is 1.32 bits per heavy atom. The number of benzene rings is 3. The normalized spacial score (nSPS) is 15.9. The van der Waals surface area contributed by atoms with E-state index in [4.69, 9.17) is 0 Å². The summed E-state index contributed by atoms with van der Waals surface area (Å²) in [6.45, 7) is 4.82. The van der Waals surface area contributed by atoms with Crippen molar-refractivity contribution >= 4 is 0 Å². The van der Waals surface area contributed by atoms with Gasteiger partial charge in [-0.2, -0.15) is 0 Å². The van der Waals surface area contributed by atoms with Crippen molar-refractivity contribution in [3.8, 4) is 0 Å². The lowest BCUT2D eigenvalue weighted by Gasteiger charge is -2.39.